The van der Waals surface area contributed by atoms with Crippen LogP contribution in [0.25, 0.3) is 6.08 Å². The number of hydrogen-bond donors (Lipinski definition) is 0. The molecule has 0 bridgehead atoms. The molecule has 1 heterocycles. The molecule has 2 aromatic carbocycles. The zero-order valence-corrected chi connectivity index (χ0v) is 15.6. The Kier molecular flexibility index (Phi) is 5.08. The van der Waals surface area contributed by atoms with E-state index in [1.165, 1.54) is 52.7 Å². The summed E-state index contributed by atoms with van der Waals surface area (Å²) in [7, 11) is 5.64. The van der Waals surface area contributed by atoms with E-state index < -0.39 is 10.7 Å². The third-order valence-electron chi connectivity index (χ3n) is 4.16. The third kappa shape index (κ3) is 3.07. The standard InChI is InChI=1S/C19H17NO8/c1-24-13-6-5-10(7-12(13)20(22)23)8-14-16(21)11-9-15(25-2)18(26-3)19(27-4)17(11)28-14/h5-9H,1-4H3/b14-8-. The first-order valence-electron chi connectivity index (χ1n) is 8.04. The maximum atomic E-state index is 12.8. The first-order chi connectivity index (χ1) is 13.4. The number of benzene rings is 2. The highest BCUT2D eigenvalue weighted by Crippen LogP contribution is 2.50. The molecule has 1 aliphatic rings. The lowest BCUT2D eigenvalue weighted by atomic mass is 10.1. The van der Waals surface area contributed by atoms with Gasteiger partial charge in [-0.25, -0.2) is 0 Å². The number of ketones is 1. The van der Waals surface area contributed by atoms with Crippen molar-refractivity contribution in [3.8, 4) is 28.7 Å². The van der Waals surface area contributed by atoms with Crippen LogP contribution in [-0.4, -0.2) is 39.1 Å². The van der Waals surface area contributed by atoms with Crippen molar-refractivity contribution in [2.75, 3.05) is 28.4 Å². The smallest absolute Gasteiger partial charge is 0.311 e. The van der Waals surface area contributed by atoms with Crippen LogP contribution in [0.1, 0.15) is 15.9 Å². The van der Waals surface area contributed by atoms with Crippen molar-refractivity contribution in [2.45, 2.75) is 0 Å². The normalized spacial score (nSPS) is 13.7. The largest absolute Gasteiger partial charge is 0.493 e. The molecule has 0 aliphatic carbocycles. The minimum atomic E-state index is -0.564. The minimum Gasteiger partial charge on any atom is -0.493 e. The van der Waals surface area contributed by atoms with Crippen molar-refractivity contribution < 1.29 is 33.4 Å². The van der Waals surface area contributed by atoms with Crippen LogP contribution >= 0.6 is 0 Å². The van der Waals surface area contributed by atoms with Crippen LogP contribution in [0, 0.1) is 10.1 Å². The summed E-state index contributed by atoms with van der Waals surface area (Å²) in [6.07, 6.45) is 1.41. The molecular weight excluding hydrogens is 370 g/mol. The number of allylic oxidation sites excluding steroid dienone is 1. The lowest BCUT2D eigenvalue weighted by molar-refractivity contribution is -0.385. The number of hydrogen-bond acceptors (Lipinski definition) is 8. The van der Waals surface area contributed by atoms with Gasteiger partial charge in [-0.15, -0.1) is 0 Å². The molecule has 0 radical (unpaired) electrons. The summed E-state index contributed by atoms with van der Waals surface area (Å²) in [6.45, 7) is 0. The molecule has 28 heavy (non-hydrogen) atoms. The summed E-state index contributed by atoms with van der Waals surface area (Å²) in [5, 5.41) is 11.2. The molecular formula is C19H17NO8. The van der Waals surface area contributed by atoms with Crippen molar-refractivity contribution in [2.24, 2.45) is 0 Å². The van der Waals surface area contributed by atoms with E-state index in [1.807, 2.05) is 0 Å². The molecule has 2 aromatic rings. The quantitative estimate of drug-likeness (QED) is 0.422. The van der Waals surface area contributed by atoms with Crippen LogP contribution in [-0.2, 0) is 0 Å². The molecule has 0 spiro atoms. The Morgan fingerprint density at radius 2 is 1.64 bits per heavy atom. The van der Waals surface area contributed by atoms with Crippen LogP contribution in [0.15, 0.2) is 30.0 Å². The van der Waals surface area contributed by atoms with E-state index in [2.05, 4.69) is 0 Å². The number of Topliss-reactive ketones (excluding diaryl/α,β-unsaturated/α-hetero) is 1. The summed E-state index contributed by atoms with van der Waals surface area (Å²) in [4.78, 5) is 23.4. The summed E-state index contributed by atoms with van der Waals surface area (Å²) < 4.78 is 26.6. The van der Waals surface area contributed by atoms with Gasteiger partial charge in [0.15, 0.2) is 23.0 Å². The second kappa shape index (κ2) is 7.47. The molecule has 0 saturated carbocycles. The zero-order valence-electron chi connectivity index (χ0n) is 15.6. The van der Waals surface area contributed by atoms with E-state index in [4.69, 9.17) is 23.7 Å². The van der Waals surface area contributed by atoms with Crippen LogP contribution in [0.5, 0.6) is 28.7 Å². The highest BCUT2D eigenvalue weighted by molar-refractivity contribution is 6.15. The van der Waals surface area contributed by atoms with E-state index in [0.29, 0.717) is 11.3 Å². The molecule has 3 rings (SSSR count). The highest BCUT2D eigenvalue weighted by atomic mass is 16.6. The molecule has 0 fully saturated rings. The van der Waals surface area contributed by atoms with Gasteiger partial charge in [0, 0.05) is 6.07 Å². The Bertz CT molecular complexity index is 996. The fraction of sp³-hybridized carbons (Fsp3) is 0.211. The lowest BCUT2D eigenvalue weighted by Gasteiger charge is -2.14. The Morgan fingerprint density at radius 3 is 2.21 bits per heavy atom. The van der Waals surface area contributed by atoms with Crippen LogP contribution < -0.4 is 23.7 Å². The second-order valence-corrected chi connectivity index (χ2v) is 5.65. The fourth-order valence-corrected chi connectivity index (χ4v) is 2.87. The van der Waals surface area contributed by atoms with Gasteiger partial charge in [0.1, 0.15) is 0 Å². The number of carbonyl (C=O) groups excluding carboxylic acids is 1. The Hall–Kier alpha value is -3.75. The average molecular weight is 387 g/mol. The summed E-state index contributed by atoms with van der Waals surface area (Å²) in [5.74, 6) is 0.712. The fourth-order valence-electron chi connectivity index (χ4n) is 2.87. The molecule has 0 N–H and O–H groups in total. The maximum Gasteiger partial charge on any atom is 0.311 e. The average Bonchev–Trinajstić information content (AvgIpc) is 3.01. The van der Waals surface area contributed by atoms with Gasteiger partial charge in [0.2, 0.25) is 17.3 Å². The summed E-state index contributed by atoms with van der Waals surface area (Å²) in [5.41, 5.74) is 0.422. The number of nitro benzene ring substituents is 1. The predicted octanol–water partition coefficient (Wildman–Crippen LogP) is 3.25. The summed E-state index contributed by atoms with van der Waals surface area (Å²) >= 11 is 0. The van der Waals surface area contributed by atoms with Gasteiger partial charge in [-0.05, 0) is 23.8 Å². The topological polar surface area (TPSA) is 106 Å². The summed E-state index contributed by atoms with van der Waals surface area (Å²) in [6, 6.07) is 5.82. The van der Waals surface area contributed by atoms with Gasteiger partial charge >= 0.3 is 5.69 Å². The number of nitrogens with zero attached hydrogens (tertiary/aromatic N) is 1. The van der Waals surface area contributed by atoms with Crippen molar-refractivity contribution in [3.05, 3.63) is 51.3 Å². The lowest BCUT2D eigenvalue weighted by Crippen LogP contribution is -1.99. The molecule has 9 heteroatoms. The van der Waals surface area contributed by atoms with Crippen LogP contribution in [0.4, 0.5) is 5.69 Å². The number of ether oxygens (including phenoxy) is 5. The molecule has 0 amide bonds. The van der Waals surface area contributed by atoms with E-state index in [0.717, 1.165) is 0 Å². The minimum absolute atomic E-state index is 0.0110. The zero-order chi connectivity index (χ0) is 20.4. The van der Waals surface area contributed by atoms with Gasteiger partial charge in [-0.2, -0.15) is 0 Å². The van der Waals surface area contributed by atoms with Gasteiger partial charge in [0.25, 0.3) is 0 Å². The highest BCUT2D eigenvalue weighted by Gasteiger charge is 2.34. The Balaban J connectivity index is 2.07. The molecule has 0 aromatic heterocycles. The van der Waals surface area contributed by atoms with Crippen molar-refractivity contribution in [1.82, 2.24) is 0 Å². The van der Waals surface area contributed by atoms with E-state index in [9.17, 15) is 14.9 Å². The van der Waals surface area contributed by atoms with E-state index in [1.54, 1.807) is 6.07 Å². The maximum absolute atomic E-state index is 12.8. The first kappa shape index (κ1) is 19.0. The molecule has 146 valence electrons. The Labute approximate surface area is 160 Å². The molecule has 9 nitrogen and oxygen atoms in total. The molecule has 0 saturated heterocycles. The third-order valence-corrected chi connectivity index (χ3v) is 4.16. The number of rotatable bonds is 6. The van der Waals surface area contributed by atoms with Gasteiger partial charge in [-0.3, -0.25) is 14.9 Å². The van der Waals surface area contributed by atoms with Crippen LogP contribution in [0.3, 0.4) is 0 Å². The van der Waals surface area contributed by atoms with Gasteiger partial charge in [0.05, 0.1) is 38.9 Å². The van der Waals surface area contributed by atoms with Crippen molar-refractivity contribution in [3.63, 3.8) is 0 Å². The SMILES string of the molecule is COc1ccc(/C=C2\Oc3c(cc(OC)c(OC)c3OC)C2=O)cc1[N+](=O)[O-]. The van der Waals surface area contributed by atoms with Crippen LogP contribution in [0.2, 0.25) is 0 Å². The van der Waals surface area contributed by atoms with Gasteiger partial charge in [-0.1, -0.05) is 6.07 Å². The molecule has 1 aliphatic heterocycles. The number of fused-ring (bicyclic) bond motifs is 1. The van der Waals surface area contributed by atoms with E-state index >= 15 is 0 Å². The number of carbonyl (C=O) groups is 1. The monoisotopic (exact) mass is 387 g/mol. The number of nitro groups is 1. The first-order valence-corrected chi connectivity index (χ1v) is 8.04. The second-order valence-electron chi connectivity index (χ2n) is 5.65. The predicted molar refractivity (Wildman–Crippen MR) is 98.7 cm³/mol. The van der Waals surface area contributed by atoms with E-state index in [-0.39, 0.29) is 40.0 Å². The Morgan fingerprint density at radius 1 is 0.964 bits per heavy atom. The van der Waals surface area contributed by atoms with Crippen molar-refractivity contribution in [1.29, 1.82) is 0 Å². The van der Waals surface area contributed by atoms with Crippen molar-refractivity contribution >= 4 is 17.5 Å². The van der Waals surface area contributed by atoms with Gasteiger partial charge < -0.3 is 23.7 Å². The molecule has 0 atom stereocenters. The number of methoxy groups -OCH3 is 4. The molecule has 0 unspecified atom stereocenters.